The van der Waals surface area contributed by atoms with Crippen molar-refractivity contribution >= 4 is 17.6 Å². The van der Waals surface area contributed by atoms with E-state index >= 15 is 0 Å². The van der Waals surface area contributed by atoms with Crippen LogP contribution in [0.2, 0.25) is 0 Å². The maximum Gasteiger partial charge on any atom is 0.330 e. The van der Waals surface area contributed by atoms with Gasteiger partial charge in [-0.3, -0.25) is 0 Å². The molecule has 1 N–H and O–H groups in total. The lowest BCUT2D eigenvalue weighted by Gasteiger charge is -2.02. The van der Waals surface area contributed by atoms with Gasteiger partial charge in [0.2, 0.25) is 0 Å². The molecule has 0 radical (unpaired) electrons. The first-order chi connectivity index (χ1) is 11.1. The van der Waals surface area contributed by atoms with Gasteiger partial charge >= 0.3 is 5.97 Å². The monoisotopic (exact) mass is 346 g/mol. The molecule has 0 unspecified atom stereocenters. The van der Waals surface area contributed by atoms with Gasteiger partial charge in [-0.1, -0.05) is 97.0 Å². The van der Waals surface area contributed by atoms with E-state index < -0.39 is 5.97 Å². The molecule has 0 heterocycles. The van der Waals surface area contributed by atoms with E-state index in [2.05, 4.69) is 13.5 Å². The van der Waals surface area contributed by atoms with Crippen LogP contribution in [-0.2, 0) is 4.79 Å². The molecule has 0 aromatic carbocycles. The fraction of sp³-hybridized carbons (Fsp3) is 0.850. The van der Waals surface area contributed by atoms with Crippen molar-refractivity contribution in [1.29, 1.82) is 0 Å². The number of carboxylic acid groups (broad SMARTS) is 1. The number of carboxylic acids is 1. The third-order valence-corrected chi connectivity index (χ3v) is 4.12. The lowest BCUT2D eigenvalue weighted by atomic mass is 10.0. The van der Waals surface area contributed by atoms with Crippen molar-refractivity contribution in [1.82, 2.24) is 0 Å². The lowest BCUT2D eigenvalue weighted by Crippen LogP contribution is -1.92. The largest absolute Gasteiger partial charge is 0.478 e. The number of unbranched alkanes of at least 4 members (excludes halogenated alkanes) is 13. The van der Waals surface area contributed by atoms with E-state index in [1.807, 2.05) is 0 Å². The number of carbonyl (C=O) groups is 1. The summed E-state index contributed by atoms with van der Waals surface area (Å²) in [6.07, 6.45) is 19.8. The Morgan fingerprint density at radius 3 is 1.26 bits per heavy atom. The molecular formula is C20H39ClO2. The van der Waals surface area contributed by atoms with Crippen LogP contribution in [0.1, 0.15) is 104 Å². The molecule has 0 fully saturated rings. The first-order valence-corrected chi connectivity index (χ1v) is 10.0. The Kier molecular flexibility index (Phi) is 23.1. The molecule has 0 aromatic heterocycles. The average molecular weight is 347 g/mol. The van der Waals surface area contributed by atoms with Crippen LogP contribution in [0.25, 0.3) is 0 Å². The molecule has 0 saturated heterocycles. The number of hydrogen-bond acceptors (Lipinski definition) is 1. The highest BCUT2D eigenvalue weighted by atomic mass is 35.5. The Labute approximate surface area is 149 Å². The molecule has 0 saturated carbocycles. The zero-order chi connectivity index (χ0) is 17.8. The summed E-state index contributed by atoms with van der Waals surface area (Å²) in [5, 5.41) is 7.89. The van der Waals surface area contributed by atoms with Crippen LogP contribution < -0.4 is 0 Å². The third-order valence-electron chi connectivity index (χ3n) is 3.85. The van der Waals surface area contributed by atoms with Crippen LogP contribution in [0.5, 0.6) is 0 Å². The van der Waals surface area contributed by atoms with Crippen molar-refractivity contribution < 1.29 is 9.90 Å². The highest BCUT2D eigenvalue weighted by molar-refractivity contribution is 6.17. The second-order valence-electron chi connectivity index (χ2n) is 6.37. The van der Waals surface area contributed by atoms with Crippen molar-refractivity contribution in [2.45, 2.75) is 104 Å². The number of aliphatic carboxylic acids is 1. The molecule has 2 nitrogen and oxygen atoms in total. The van der Waals surface area contributed by atoms with E-state index in [9.17, 15) is 4.79 Å². The van der Waals surface area contributed by atoms with E-state index in [4.69, 9.17) is 16.7 Å². The van der Waals surface area contributed by atoms with Crippen molar-refractivity contribution in [2.75, 3.05) is 5.88 Å². The van der Waals surface area contributed by atoms with Gasteiger partial charge in [0.05, 0.1) is 0 Å². The second-order valence-corrected chi connectivity index (χ2v) is 6.75. The minimum atomic E-state index is -0.935. The fourth-order valence-corrected chi connectivity index (χ4v) is 2.48. The number of halogens is 1. The predicted octanol–water partition coefficient (Wildman–Crippen LogP) is 7.35. The topological polar surface area (TPSA) is 37.3 Å². The van der Waals surface area contributed by atoms with Gasteiger partial charge in [-0.15, -0.1) is 11.6 Å². The maximum atomic E-state index is 9.60. The Balaban J connectivity index is 0. The minimum absolute atomic E-state index is 0.176. The molecule has 3 heteroatoms. The summed E-state index contributed by atoms with van der Waals surface area (Å²) < 4.78 is 0. The SMILES string of the molecule is C=C(C)C(=O)O.CCCCCCCCCCCCCCCCCl. The van der Waals surface area contributed by atoms with Gasteiger partial charge in [0, 0.05) is 11.5 Å². The summed E-state index contributed by atoms with van der Waals surface area (Å²) >= 11 is 5.64. The van der Waals surface area contributed by atoms with Crippen LogP contribution in [0.15, 0.2) is 12.2 Å². The summed E-state index contributed by atoms with van der Waals surface area (Å²) in [4.78, 5) is 9.60. The molecule has 0 bridgehead atoms. The van der Waals surface area contributed by atoms with Crippen molar-refractivity contribution in [2.24, 2.45) is 0 Å². The fourth-order valence-electron chi connectivity index (χ4n) is 2.29. The molecule has 23 heavy (non-hydrogen) atoms. The highest BCUT2D eigenvalue weighted by Crippen LogP contribution is 2.12. The number of rotatable bonds is 15. The smallest absolute Gasteiger partial charge is 0.330 e. The first-order valence-electron chi connectivity index (χ1n) is 9.51. The van der Waals surface area contributed by atoms with Gasteiger partial charge in [-0.2, -0.15) is 0 Å². The maximum absolute atomic E-state index is 9.60. The zero-order valence-corrected chi connectivity index (χ0v) is 16.3. The standard InChI is InChI=1S/C16H33Cl.C4H6O2/c1-2-3-4-5-6-7-8-9-10-11-12-13-14-15-16-17;1-3(2)4(5)6/h2-16H2,1H3;1H2,2H3,(H,5,6). The molecule has 0 rings (SSSR count). The summed E-state index contributed by atoms with van der Waals surface area (Å²) in [7, 11) is 0. The van der Waals surface area contributed by atoms with Gasteiger partial charge in [-0.05, 0) is 13.3 Å². The van der Waals surface area contributed by atoms with E-state index in [-0.39, 0.29) is 5.57 Å². The van der Waals surface area contributed by atoms with Gasteiger partial charge in [0.1, 0.15) is 0 Å². The Bertz CT molecular complexity index is 238. The average Bonchev–Trinajstić information content (AvgIpc) is 2.52. The Hall–Kier alpha value is -0.500. The van der Waals surface area contributed by atoms with Crippen LogP contribution >= 0.6 is 11.6 Å². The summed E-state index contributed by atoms with van der Waals surface area (Å²) in [5.74, 6) is -0.0899. The van der Waals surface area contributed by atoms with E-state index in [1.54, 1.807) is 0 Å². The molecule has 0 aliphatic carbocycles. The van der Waals surface area contributed by atoms with Gasteiger partial charge < -0.3 is 5.11 Å². The molecule has 0 aliphatic heterocycles. The van der Waals surface area contributed by atoms with Gasteiger partial charge in [0.25, 0.3) is 0 Å². The zero-order valence-electron chi connectivity index (χ0n) is 15.5. The summed E-state index contributed by atoms with van der Waals surface area (Å²) in [6.45, 7) is 6.89. The van der Waals surface area contributed by atoms with Crippen molar-refractivity contribution in [3.63, 3.8) is 0 Å². The third kappa shape index (κ3) is 26.7. The van der Waals surface area contributed by atoms with Crippen molar-refractivity contribution in [3.05, 3.63) is 12.2 Å². The molecule has 0 aromatic rings. The second kappa shape index (κ2) is 21.5. The van der Waals surface area contributed by atoms with Crippen LogP contribution in [0, 0.1) is 0 Å². The minimum Gasteiger partial charge on any atom is -0.478 e. The number of alkyl halides is 1. The van der Waals surface area contributed by atoms with E-state index in [0.29, 0.717) is 0 Å². The lowest BCUT2D eigenvalue weighted by molar-refractivity contribution is -0.132. The Morgan fingerprint density at radius 2 is 1.04 bits per heavy atom. The van der Waals surface area contributed by atoms with Crippen LogP contribution in [-0.4, -0.2) is 17.0 Å². The Morgan fingerprint density at radius 1 is 0.783 bits per heavy atom. The molecule has 138 valence electrons. The van der Waals surface area contributed by atoms with E-state index in [1.165, 1.54) is 96.8 Å². The van der Waals surface area contributed by atoms with Gasteiger partial charge in [0.15, 0.2) is 0 Å². The highest BCUT2D eigenvalue weighted by Gasteiger charge is 1.93. The van der Waals surface area contributed by atoms with Gasteiger partial charge in [-0.25, -0.2) is 4.79 Å². The molecule has 0 aliphatic rings. The van der Waals surface area contributed by atoms with Crippen molar-refractivity contribution in [3.8, 4) is 0 Å². The summed E-state index contributed by atoms with van der Waals surface area (Å²) in [6, 6.07) is 0. The van der Waals surface area contributed by atoms with Crippen LogP contribution in [0.4, 0.5) is 0 Å². The summed E-state index contributed by atoms with van der Waals surface area (Å²) in [5.41, 5.74) is 0.176. The molecule has 0 spiro atoms. The quantitative estimate of drug-likeness (QED) is 0.191. The van der Waals surface area contributed by atoms with E-state index in [0.717, 1.165) is 5.88 Å². The molecule has 0 amide bonds. The number of hydrogen-bond donors (Lipinski definition) is 1. The molecular weight excluding hydrogens is 308 g/mol. The van der Waals surface area contributed by atoms with Crippen LogP contribution in [0.3, 0.4) is 0 Å². The predicted molar refractivity (Wildman–Crippen MR) is 103 cm³/mol. The normalized spacial score (nSPS) is 10.0. The molecule has 0 atom stereocenters. The first kappa shape index (κ1) is 24.7.